The van der Waals surface area contributed by atoms with Crippen LogP contribution in [0.25, 0.3) is 0 Å². The van der Waals surface area contributed by atoms with Gasteiger partial charge in [0.1, 0.15) is 0 Å². The Morgan fingerprint density at radius 1 is 1.00 bits per heavy atom. The Kier molecular flexibility index (Phi) is 6.67. The van der Waals surface area contributed by atoms with Crippen molar-refractivity contribution in [1.82, 2.24) is 0 Å². The minimum Gasteiger partial charge on any atom is -0.450 e. The molecule has 3 heteroatoms. The van der Waals surface area contributed by atoms with Gasteiger partial charge in [0.05, 0.1) is 6.61 Å². The van der Waals surface area contributed by atoms with Crippen molar-refractivity contribution in [3.63, 3.8) is 0 Å². The summed E-state index contributed by atoms with van der Waals surface area (Å²) in [6.07, 6.45) is 2.54. The summed E-state index contributed by atoms with van der Waals surface area (Å²) in [4.78, 5) is 10.4. The molecule has 0 aliphatic carbocycles. The summed E-state index contributed by atoms with van der Waals surface area (Å²) in [6, 6.07) is 6.91. The van der Waals surface area contributed by atoms with Gasteiger partial charge >= 0.3 is 6.16 Å². The molecule has 1 N–H and O–H groups in total. The van der Waals surface area contributed by atoms with Crippen LogP contribution in [0, 0.1) is 0 Å². The largest absolute Gasteiger partial charge is 0.505 e. The lowest BCUT2D eigenvalue weighted by atomic mass is 9.75. The highest BCUT2D eigenvalue weighted by Crippen LogP contribution is 2.34. The van der Waals surface area contributed by atoms with E-state index in [2.05, 4.69) is 64.5 Å². The molecule has 0 saturated heterocycles. The zero-order chi connectivity index (χ0) is 17.7. The maximum absolute atomic E-state index is 10.4. The molecule has 23 heavy (non-hydrogen) atoms. The average molecular weight is 320 g/mol. The molecule has 0 saturated carbocycles. The van der Waals surface area contributed by atoms with Crippen LogP contribution < -0.4 is 0 Å². The Bertz CT molecular complexity index is 495. The highest BCUT2D eigenvalue weighted by atomic mass is 16.7. The van der Waals surface area contributed by atoms with Gasteiger partial charge < -0.3 is 9.84 Å². The van der Waals surface area contributed by atoms with Gasteiger partial charge in [0.25, 0.3) is 0 Å². The molecule has 0 unspecified atom stereocenters. The summed E-state index contributed by atoms with van der Waals surface area (Å²) in [5.74, 6) is 0. The van der Waals surface area contributed by atoms with Crippen molar-refractivity contribution in [3.8, 4) is 0 Å². The highest BCUT2D eigenvalue weighted by Gasteiger charge is 2.24. The van der Waals surface area contributed by atoms with Gasteiger partial charge in [-0.25, -0.2) is 4.79 Å². The zero-order valence-electron chi connectivity index (χ0n) is 15.5. The van der Waals surface area contributed by atoms with E-state index in [1.807, 2.05) is 0 Å². The highest BCUT2D eigenvalue weighted by molar-refractivity contribution is 5.56. The molecule has 0 spiro atoms. The Balaban J connectivity index is 3.07. The SMILES string of the molecule is CCC(C)(C)c1cc(CCCOC(=O)O)cc(C(C)(C)CC)c1. The first-order valence-electron chi connectivity index (χ1n) is 8.63. The lowest BCUT2D eigenvalue weighted by Gasteiger charge is -2.29. The average Bonchev–Trinajstić information content (AvgIpc) is 2.51. The van der Waals surface area contributed by atoms with Crippen molar-refractivity contribution in [3.05, 3.63) is 34.9 Å². The van der Waals surface area contributed by atoms with Gasteiger partial charge in [-0.1, -0.05) is 59.7 Å². The molecule has 3 nitrogen and oxygen atoms in total. The molecule has 0 aliphatic rings. The Labute approximate surface area is 141 Å². The van der Waals surface area contributed by atoms with Crippen molar-refractivity contribution in [2.45, 2.75) is 78.1 Å². The number of benzene rings is 1. The number of hydrogen-bond donors (Lipinski definition) is 1. The molecule has 1 aromatic carbocycles. The Hall–Kier alpha value is -1.51. The molecule has 1 rings (SSSR count). The smallest absolute Gasteiger partial charge is 0.450 e. The number of aryl methyl sites for hydroxylation is 1. The van der Waals surface area contributed by atoms with E-state index < -0.39 is 6.16 Å². The van der Waals surface area contributed by atoms with Crippen LogP contribution in [0.15, 0.2) is 18.2 Å². The molecule has 130 valence electrons. The van der Waals surface area contributed by atoms with Gasteiger partial charge in [-0.15, -0.1) is 0 Å². The fourth-order valence-corrected chi connectivity index (χ4v) is 2.46. The molecule has 0 amide bonds. The second-order valence-corrected chi connectivity index (χ2v) is 7.61. The maximum Gasteiger partial charge on any atom is 0.505 e. The third-order valence-electron chi connectivity index (χ3n) is 5.16. The van der Waals surface area contributed by atoms with Crippen LogP contribution in [-0.2, 0) is 22.0 Å². The maximum atomic E-state index is 10.4. The van der Waals surface area contributed by atoms with Crippen molar-refractivity contribution in [1.29, 1.82) is 0 Å². The van der Waals surface area contributed by atoms with Gasteiger partial charge in [0.2, 0.25) is 0 Å². The summed E-state index contributed by atoms with van der Waals surface area (Å²) < 4.78 is 4.62. The molecular formula is C20H32O3. The van der Waals surface area contributed by atoms with E-state index in [4.69, 9.17) is 5.11 Å². The second-order valence-electron chi connectivity index (χ2n) is 7.61. The molecule has 0 aliphatic heterocycles. The summed E-state index contributed by atoms with van der Waals surface area (Å²) in [5, 5.41) is 8.55. The Morgan fingerprint density at radius 2 is 1.48 bits per heavy atom. The molecule has 1 aromatic rings. The quantitative estimate of drug-likeness (QED) is 0.494. The number of hydrogen-bond acceptors (Lipinski definition) is 2. The molecule has 0 heterocycles. The van der Waals surface area contributed by atoms with Gasteiger partial charge in [-0.3, -0.25) is 0 Å². The molecule has 0 atom stereocenters. The van der Waals surface area contributed by atoms with Gasteiger partial charge in [-0.05, 0) is 53.2 Å². The van der Waals surface area contributed by atoms with Crippen LogP contribution in [0.2, 0.25) is 0 Å². The molecule has 0 fully saturated rings. The van der Waals surface area contributed by atoms with Crippen LogP contribution in [-0.4, -0.2) is 17.9 Å². The molecule has 0 bridgehead atoms. The number of carbonyl (C=O) groups is 1. The van der Waals surface area contributed by atoms with E-state index in [1.54, 1.807) is 0 Å². The minimum absolute atomic E-state index is 0.145. The third kappa shape index (κ3) is 5.56. The fourth-order valence-electron chi connectivity index (χ4n) is 2.46. The van der Waals surface area contributed by atoms with E-state index in [9.17, 15) is 4.79 Å². The lowest BCUT2D eigenvalue weighted by molar-refractivity contribution is 0.0907. The van der Waals surface area contributed by atoms with Crippen LogP contribution in [0.3, 0.4) is 0 Å². The summed E-state index contributed by atoms with van der Waals surface area (Å²) in [7, 11) is 0. The molecular weight excluding hydrogens is 288 g/mol. The van der Waals surface area contributed by atoms with Gasteiger partial charge in [0, 0.05) is 0 Å². The van der Waals surface area contributed by atoms with E-state index in [-0.39, 0.29) is 17.4 Å². The van der Waals surface area contributed by atoms with Crippen molar-refractivity contribution in [2.75, 3.05) is 6.61 Å². The summed E-state index contributed by atoms with van der Waals surface area (Å²) in [5.41, 5.74) is 4.30. The standard InChI is InChI=1S/C20H32O3/c1-7-19(3,4)16-12-15(10-9-11-23-18(21)22)13-17(14-16)20(5,6)8-2/h12-14H,7-11H2,1-6H3,(H,21,22). The second kappa shape index (κ2) is 7.85. The first-order chi connectivity index (χ1) is 10.6. The van der Waals surface area contributed by atoms with Crippen molar-refractivity contribution < 1.29 is 14.6 Å². The number of ether oxygens (including phenoxy) is 1. The van der Waals surface area contributed by atoms with Crippen molar-refractivity contribution in [2.24, 2.45) is 0 Å². The number of rotatable bonds is 8. The van der Waals surface area contributed by atoms with Crippen LogP contribution in [0.5, 0.6) is 0 Å². The predicted molar refractivity (Wildman–Crippen MR) is 95.4 cm³/mol. The minimum atomic E-state index is -1.20. The topological polar surface area (TPSA) is 46.5 Å². The summed E-state index contributed by atoms with van der Waals surface area (Å²) >= 11 is 0. The normalized spacial score (nSPS) is 12.3. The molecule has 0 aromatic heterocycles. The first-order valence-corrected chi connectivity index (χ1v) is 8.63. The van der Waals surface area contributed by atoms with Crippen LogP contribution in [0.1, 0.15) is 77.5 Å². The first kappa shape index (κ1) is 19.5. The van der Waals surface area contributed by atoms with E-state index >= 15 is 0 Å². The summed E-state index contributed by atoms with van der Waals surface area (Å²) in [6.45, 7) is 13.8. The molecule has 0 radical (unpaired) electrons. The number of carboxylic acid groups (broad SMARTS) is 1. The predicted octanol–water partition coefficient (Wildman–Crippen LogP) is 5.69. The monoisotopic (exact) mass is 320 g/mol. The Morgan fingerprint density at radius 3 is 1.87 bits per heavy atom. The van der Waals surface area contributed by atoms with Crippen LogP contribution >= 0.6 is 0 Å². The van der Waals surface area contributed by atoms with E-state index in [0.717, 1.165) is 19.3 Å². The third-order valence-corrected chi connectivity index (χ3v) is 5.16. The lowest BCUT2D eigenvalue weighted by Crippen LogP contribution is -2.20. The van der Waals surface area contributed by atoms with Gasteiger partial charge in [0.15, 0.2) is 0 Å². The van der Waals surface area contributed by atoms with E-state index in [0.29, 0.717) is 6.42 Å². The van der Waals surface area contributed by atoms with Gasteiger partial charge in [-0.2, -0.15) is 0 Å². The zero-order valence-corrected chi connectivity index (χ0v) is 15.5. The van der Waals surface area contributed by atoms with E-state index in [1.165, 1.54) is 16.7 Å². The van der Waals surface area contributed by atoms with Crippen molar-refractivity contribution >= 4 is 6.16 Å². The fraction of sp³-hybridized carbons (Fsp3) is 0.650. The van der Waals surface area contributed by atoms with Crippen LogP contribution in [0.4, 0.5) is 4.79 Å².